The first-order valence-corrected chi connectivity index (χ1v) is 8.51. The van der Waals surface area contributed by atoms with Gasteiger partial charge in [-0.2, -0.15) is 0 Å². The van der Waals surface area contributed by atoms with Crippen LogP contribution in [0.15, 0.2) is 60.7 Å². The number of carboxylic acids is 1. The monoisotopic (exact) mass is 355 g/mol. The molecule has 6 nitrogen and oxygen atoms in total. The molecule has 1 saturated heterocycles. The third-order valence-electron chi connectivity index (χ3n) is 4.68. The third kappa shape index (κ3) is 3.70. The molecule has 2 aromatic rings. The number of amides is 1. The van der Waals surface area contributed by atoms with Gasteiger partial charge in [0.2, 0.25) is 5.60 Å². The molecule has 136 valence electrons. The standard InChI is InChI=1S/C20H21NO5/c22-17(15-7-3-1-4-8-15)18(23)21-13-11-20(12-14-21,19(24)25)26-16-9-5-2-6-10-16/h1-10,17,22H,11-14H2,(H,24,25)/t17-/m0/s1. The van der Waals surface area contributed by atoms with Crippen molar-refractivity contribution < 1.29 is 24.5 Å². The number of carboxylic acid groups (broad SMARTS) is 1. The Balaban J connectivity index is 1.68. The molecule has 0 unspecified atom stereocenters. The van der Waals surface area contributed by atoms with Crippen molar-refractivity contribution in [1.82, 2.24) is 4.90 Å². The fourth-order valence-corrected chi connectivity index (χ4v) is 3.11. The molecule has 0 radical (unpaired) electrons. The van der Waals surface area contributed by atoms with Gasteiger partial charge in [-0.1, -0.05) is 48.5 Å². The van der Waals surface area contributed by atoms with Gasteiger partial charge in [0.25, 0.3) is 5.91 Å². The van der Waals surface area contributed by atoms with Gasteiger partial charge in [0.05, 0.1) is 0 Å². The van der Waals surface area contributed by atoms with E-state index < -0.39 is 23.6 Å². The Morgan fingerprint density at radius 3 is 2.04 bits per heavy atom. The summed E-state index contributed by atoms with van der Waals surface area (Å²) < 4.78 is 5.78. The number of para-hydroxylation sites is 1. The Morgan fingerprint density at radius 2 is 1.50 bits per heavy atom. The summed E-state index contributed by atoms with van der Waals surface area (Å²) in [6.45, 7) is 0.420. The van der Waals surface area contributed by atoms with Crippen molar-refractivity contribution in [3.8, 4) is 5.75 Å². The largest absolute Gasteiger partial charge is 0.478 e. The first kappa shape index (κ1) is 17.9. The van der Waals surface area contributed by atoms with E-state index in [1.807, 2.05) is 12.1 Å². The van der Waals surface area contributed by atoms with Crippen LogP contribution in [0.25, 0.3) is 0 Å². The number of likely N-dealkylation sites (tertiary alicyclic amines) is 1. The maximum absolute atomic E-state index is 12.5. The highest BCUT2D eigenvalue weighted by Gasteiger charge is 2.45. The summed E-state index contributed by atoms with van der Waals surface area (Å²) in [5, 5.41) is 20.0. The Kier molecular flexibility index (Phi) is 5.23. The molecule has 0 spiro atoms. The molecule has 26 heavy (non-hydrogen) atoms. The molecule has 1 aliphatic heterocycles. The van der Waals surface area contributed by atoms with Crippen LogP contribution in [-0.4, -0.2) is 45.7 Å². The highest BCUT2D eigenvalue weighted by Crippen LogP contribution is 2.30. The van der Waals surface area contributed by atoms with E-state index in [0.717, 1.165) is 0 Å². The Morgan fingerprint density at radius 1 is 0.962 bits per heavy atom. The van der Waals surface area contributed by atoms with Crippen LogP contribution in [0.1, 0.15) is 24.5 Å². The molecule has 1 fully saturated rings. The first-order valence-electron chi connectivity index (χ1n) is 8.51. The molecular weight excluding hydrogens is 334 g/mol. The molecule has 6 heteroatoms. The highest BCUT2D eigenvalue weighted by molar-refractivity contribution is 5.83. The number of hydrogen-bond acceptors (Lipinski definition) is 4. The van der Waals surface area contributed by atoms with E-state index >= 15 is 0 Å². The molecule has 2 aromatic carbocycles. The van der Waals surface area contributed by atoms with Gasteiger partial charge in [-0.05, 0) is 17.7 Å². The molecule has 0 aliphatic carbocycles. The van der Waals surface area contributed by atoms with Crippen molar-refractivity contribution in [3.05, 3.63) is 66.2 Å². The number of hydrogen-bond donors (Lipinski definition) is 2. The predicted molar refractivity (Wildman–Crippen MR) is 94.7 cm³/mol. The molecule has 3 rings (SSSR count). The lowest BCUT2D eigenvalue weighted by molar-refractivity contribution is -0.163. The SMILES string of the molecule is O=C([C@@H](O)c1ccccc1)N1CCC(Oc2ccccc2)(C(=O)O)CC1. The number of aliphatic carboxylic acids is 1. The summed E-state index contributed by atoms with van der Waals surface area (Å²) >= 11 is 0. The number of aliphatic hydroxyl groups is 1. The molecule has 2 N–H and O–H groups in total. The molecule has 1 amide bonds. The number of carbonyl (C=O) groups is 2. The second-order valence-electron chi connectivity index (χ2n) is 6.35. The smallest absolute Gasteiger partial charge is 0.348 e. The molecular formula is C20H21NO5. The average molecular weight is 355 g/mol. The van der Waals surface area contributed by atoms with Crippen LogP contribution in [0, 0.1) is 0 Å². The quantitative estimate of drug-likeness (QED) is 0.859. The van der Waals surface area contributed by atoms with Gasteiger partial charge in [0.1, 0.15) is 5.75 Å². The van der Waals surface area contributed by atoms with E-state index in [1.54, 1.807) is 48.5 Å². The van der Waals surface area contributed by atoms with Crippen molar-refractivity contribution >= 4 is 11.9 Å². The third-order valence-corrected chi connectivity index (χ3v) is 4.68. The number of nitrogens with zero attached hydrogens (tertiary/aromatic N) is 1. The molecule has 0 saturated carbocycles. The molecule has 1 atom stereocenters. The number of piperidine rings is 1. The van der Waals surface area contributed by atoms with Crippen molar-refractivity contribution in [1.29, 1.82) is 0 Å². The molecule has 1 aliphatic rings. The highest BCUT2D eigenvalue weighted by atomic mass is 16.5. The lowest BCUT2D eigenvalue weighted by atomic mass is 9.90. The van der Waals surface area contributed by atoms with Crippen LogP contribution < -0.4 is 4.74 Å². The van der Waals surface area contributed by atoms with Gasteiger partial charge < -0.3 is 19.8 Å². The zero-order chi connectivity index (χ0) is 18.6. The van der Waals surface area contributed by atoms with Crippen molar-refractivity contribution in [3.63, 3.8) is 0 Å². The first-order chi connectivity index (χ1) is 12.5. The van der Waals surface area contributed by atoms with E-state index in [2.05, 4.69) is 0 Å². The molecule has 0 aromatic heterocycles. The van der Waals surface area contributed by atoms with E-state index in [1.165, 1.54) is 4.90 Å². The van der Waals surface area contributed by atoms with Gasteiger partial charge in [-0.15, -0.1) is 0 Å². The maximum Gasteiger partial charge on any atom is 0.348 e. The minimum absolute atomic E-state index is 0.157. The van der Waals surface area contributed by atoms with Gasteiger partial charge >= 0.3 is 5.97 Å². The van der Waals surface area contributed by atoms with Crippen LogP contribution in [-0.2, 0) is 9.59 Å². The second-order valence-corrected chi connectivity index (χ2v) is 6.35. The predicted octanol–water partition coefficient (Wildman–Crippen LogP) is 2.24. The van der Waals surface area contributed by atoms with Gasteiger partial charge in [0.15, 0.2) is 6.10 Å². The number of ether oxygens (including phenoxy) is 1. The van der Waals surface area contributed by atoms with Crippen LogP contribution in [0.2, 0.25) is 0 Å². The zero-order valence-electron chi connectivity index (χ0n) is 14.2. The average Bonchev–Trinajstić information content (AvgIpc) is 2.69. The lowest BCUT2D eigenvalue weighted by Gasteiger charge is -2.39. The van der Waals surface area contributed by atoms with Gasteiger partial charge in [0, 0.05) is 25.9 Å². The summed E-state index contributed by atoms with van der Waals surface area (Å²) in [6, 6.07) is 17.5. The van der Waals surface area contributed by atoms with Crippen molar-refractivity contribution in [2.75, 3.05) is 13.1 Å². The molecule has 0 bridgehead atoms. The second kappa shape index (κ2) is 7.58. The topological polar surface area (TPSA) is 87.1 Å². The van der Waals surface area contributed by atoms with Crippen LogP contribution in [0.4, 0.5) is 0 Å². The summed E-state index contributed by atoms with van der Waals surface area (Å²) in [4.78, 5) is 25.9. The van der Waals surface area contributed by atoms with E-state index in [9.17, 15) is 19.8 Å². The Hall–Kier alpha value is -2.86. The normalized spacial score (nSPS) is 17.3. The lowest BCUT2D eigenvalue weighted by Crippen LogP contribution is -2.55. The molecule has 1 heterocycles. The van der Waals surface area contributed by atoms with E-state index in [4.69, 9.17) is 4.74 Å². The fraction of sp³-hybridized carbons (Fsp3) is 0.300. The van der Waals surface area contributed by atoms with Crippen LogP contribution in [0.3, 0.4) is 0 Å². The minimum Gasteiger partial charge on any atom is -0.478 e. The zero-order valence-corrected chi connectivity index (χ0v) is 14.2. The number of rotatable bonds is 5. The van der Waals surface area contributed by atoms with Crippen molar-refractivity contribution in [2.45, 2.75) is 24.5 Å². The summed E-state index contributed by atoms with van der Waals surface area (Å²) in [5.41, 5.74) is -0.844. The van der Waals surface area contributed by atoms with E-state index in [0.29, 0.717) is 11.3 Å². The van der Waals surface area contributed by atoms with Gasteiger partial charge in [-0.3, -0.25) is 4.79 Å². The van der Waals surface area contributed by atoms with Crippen LogP contribution >= 0.6 is 0 Å². The number of benzene rings is 2. The van der Waals surface area contributed by atoms with E-state index in [-0.39, 0.29) is 25.9 Å². The minimum atomic E-state index is -1.37. The summed E-state index contributed by atoms with van der Waals surface area (Å²) in [6.07, 6.45) is -0.932. The summed E-state index contributed by atoms with van der Waals surface area (Å²) in [5.74, 6) is -0.981. The Bertz CT molecular complexity index is 754. The van der Waals surface area contributed by atoms with Crippen LogP contribution in [0.5, 0.6) is 5.75 Å². The van der Waals surface area contributed by atoms with Crippen molar-refractivity contribution in [2.24, 2.45) is 0 Å². The van der Waals surface area contributed by atoms with Gasteiger partial charge in [-0.25, -0.2) is 4.79 Å². The Labute approximate surface area is 151 Å². The number of aliphatic hydroxyl groups excluding tert-OH is 1. The number of carbonyl (C=O) groups excluding carboxylic acids is 1. The fourth-order valence-electron chi connectivity index (χ4n) is 3.11. The maximum atomic E-state index is 12.5. The summed E-state index contributed by atoms with van der Waals surface area (Å²) in [7, 11) is 0.